The molecule has 71 heavy (non-hydrogen) atoms. The maximum Gasteiger partial charge on any atom is 0.429 e. The average Bonchev–Trinajstić information content (AvgIpc) is 3.72. The molecule has 0 aliphatic carbocycles. The minimum Gasteiger partial charge on any atom is -0.543 e. The number of amides is 1. The van der Waals surface area contributed by atoms with Crippen molar-refractivity contribution in [3.05, 3.63) is 47.7 Å². The number of rotatable bonds is 13. The second-order valence-electron chi connectivity index (χ2n) is 23.4. The van der Waals surface area contributed by atoms with Crippen LogP contribution in [0.25, 0.3) is 32.9 Å². The molecule has 0 bridgehead atoms. The third kappa shape index (κ3) is 10.4. The first-order valence-electron chi connectivity index (χ1n) is 26.1. The number of hydrogen-bond acceptors (Lipinski definition) is 10. The molecule has 3 aliphatic rings. The largest absolute Gasteiger partial charge is 0.543 e. The molecule has 0 saturated carbocycles. The summed E-state index contributed by atoms with van der Waals surface area (Å²) >= 11 is 0. The predicted molar refractivity (Wildman–Crippen MR) is 284 cm³/mol. The number of ether oxygens (including phenoxy) is 2. The van der Waals surface area contributed by atoms with Crippen molar-refractivity contribution in [3.8, 4) is 34.5 Å². The fraction of sp³-hybridized carbons (Fsp3) is 0.636. The lowest BCUT2D eigenvalue weighted by Crippen LogP contribution is -2.50. The van der Waals surface area contributed by atoms with E-state index in [1.165, 1.54) is 22.3 Å². The highest BCUT2D eigenvalue weighted by Gasteiger charge is 2.50. The molecule has 4 aromatic rings. The number of halogens is 3. The van der Waals surface area contributed by atoms with Crippen LogP contribution in [0.5, 0.6) is 11.8 Å². The van der Waals surface area contributed by atoms with Crippen molar-refractivity contribution in [1.82, 2.24) is 24.9 Å². The maximum absolute atomic E-state index is 18.4. The summed E-state index contributed by atoms with van der Waals surface area (Å²) < 4.78 is 69.9. The van der Waals surface area contributed by atoms with Gasteiger partial charge in [0.15, 0.2) is 11.6 Å². The number of hydrazine groups is 1. The number of hydrogen-bond donors (Lipinski definition) is 1. The van der Waals surface area contributed by atoms with E-state index in [9.17, 15) is 9.90 Å². The zero-order chi connectivity index (χ0) is 52.1. The summed E-state index contributed by atoms with van der Waals surface area (Å²) in [6.45, 7) is 33.0. The summed E-state index contributed by atoms with van der Waals surface area (Å²) in [5.74, 6) is 2.63. The number of carbonyl (C=O) groups excluding carboxylic acids is 1. The Balaban J connectivity index is 1.53. The Labute approximate surface area is 422 Å². The Morgan fingerprint density at radius 3 is 2.18 bits per heavy atom. The van der Waals surface area contributed by atoms with E-state index in [-0.39, 0.29) is 98.9 Å². The van der Waals surface area contributed by atoms with Crippen LogP contribution in [-0.2, 0) is 4.74 Å². The fourth-order valence-electron chi connectivity index (χ4n) is 12.8. The smallest absolute Gasteiger partial charge is 0.429 e. The Morgan fingerprint density at radius 1 is 0.901 bits per heavy atom. The van der Waals surface area contributed by atoms with E-state index in [0.717, 1.165) is 19.4 Å². The Bertz CT molecular complexity index is 2620. The van der Waals surface area contributed by atoms with Crippen LogP contribution >= 0.6 is 0 Å². The van der Waals surface area contributed by atoms with Gasteiger partial charge in [-0.25, -0.2) is 23.0 Å². The molecule has 3 atom stereocenters. The number of pyridine rings is 1. The highest BCUT2D eigenvalue weighted by Crippen LogP contribution is 2.47. The molecule has 0 radical (unpaired) electrons. The van der Waals surface area contributed by atoms with Crippen LogP contribution in [0.2, 0.25) is 33.2 Å². The SMILES string of the molecule is CC(C)[Si](C#Cc1c(F)ccc2cc(O[Si](C(C)C)(C(C)C)C(C)C)cc(-c3ncc4c(N5CC(O)CCCN5C(=O)OC(C)(C)C)nc(OC[C@@]56CCCN5C[C@H](F)C6)nc4c3F)c12)(C(C)C)C(C)C. The molecule has 7 rings (SSSR count). The number of aliphatic hydroxyl groups excluding tert-OH is 1. The van der Waals surface area contributed by atoms with Crippen LogP contribution in [0.15, 0.2) is 30.5 Å². The van der Waals surface area contributed by atoms with Crippen molar-refractivity contribution in [2.75, 3.05) is 37.8 Å². The molecule has 1 unspecified atom stereocenters. The van der Waals surface area contributed by atoms with Crippen molar-refractivity contribution in [3.63, 3.8) is 0 Å². The molecule has 1 amide bonds. The minimum atomic E-state index is -2.59. The van der Waals surface area contributed by atoms with E-state index in [1.54, 1.807) is 32.9 Å². The summed E-state index contributed by atoms with van der Waals surface area (Å²) in [7, 11) is -4.98. The zero-order valence-electron chi connectivity index (χ0n) is 45.0. The first-order valence-corrected chi connectivity index (χ1v) is 30.5. The van der Waals surface area contributed by atoms with Crippen molar-refractivity contribution in [2.24, 2.45) is 0 Å². The van der Waals surface area contributed by atoms with Gasteiger partial charge in [0.25, 0.3) is 8.32 Å². The van der Waals surface area contributed by atoms with Gasteiger partial charge in [-0.05, 0) is 110 Å². The van der Waals surface area contributed by atoms with Gasteiger partial charge < -0.3 is 19.0 Å². The van der Waals surface area contributed by atoms with E-state index < -0.39 is 57.5 Å². The topological polar surface area (TPSA) is 113 Å². The first-order chi connectivity index (χ1) is 33.3. The Morgan fingerprint density at radius 2 is 1.56 bits per heavy atom. The van der Waals surface area contributed by atoms with Crippen molar-refractivity contribution >= 4 is 50.0 Å². The van der Waals surface area contributed by atoms with E-state index >= 15 is 13.2 Å². The molecule has 2 aromatic carbocycles. The zero-order valence-corrected chi connectivity index (χ0v) is 47.0. The molecule has 11 nitrogen and oxygen atoms in total. The quantitative estimate of drug-likeness (QED) is 0.103. The molecule has 3 aliphatic heterocycles. The molecule has 5 heterocycles. The van der Waals surface area contributed by atoms with Crippen LogP contribution in [0.3, 0.4) is 0 Å². The molecule has 16 heteroatoms. The standard InChI is InChI=1S/C55H79F3N6O5Si2/c1-33(2)70(34(3)4,35(5)6)25-21-43-46(57)20-19-39-26-42(69-71(36(7)8,37(9)10)38(11)12)27-44(47(39)43)49-48(58)50-45(29-59-49)51(64-31-41(65)18-16-24-63(64)53(66)68-54(13,14)15)61-52(60-50)67-32-55-22-17-23-62(55)30-40(56)28-55/h19-20,26-27,29,33-38,40-41,65H,16-18,22-24,28,30-32H2,1-15H3/t40-,41?,55+/m1/s1. The lowest BCUT2D eigenvalue weighted by molar-refractivity contribution is 0.0226. The van der Waals surface area contributed by atoms with E-state index in [0.29, 0.717) is 35.9 Å². The lowest BCUT2D eigenvalue weighted by atomic mass is 9.95. The van der Waals surface area contributed by atoms with Gasteiger partial charge in [0.1, 0.15) is 49.2 Å². The van der Waals surface area contributed by atoms with Gasteiger partial charge in [-0.2, -0.15) is 9.97 Å². The lowest BCUT2D eigenvalue weighted by Gasteiger charge is -2.42. The second-order valence-corrected chi connectivity index (χ2v) is 34.4. The highest BCUT2D eigenvalue weighted by molar-refractivity contribution is 6.90. The summed E-state index contributed by atoms with van der Waals surface area (Å²) in [4.78, 5) is 30.7. The molecule has 388 valence electrons. The normalized spacial score (nSPS) is 20.5. The van der Waals surface area contributed by atoms with Gasteiger partial charge >= 0.3 is 12.1 Å². The summed E-state index contributed by atoms with van der Waals surface area (Å²) in [6.07, 6.45) is 1.64. The molecule has 0 spiro atoms. The van der Waals surface area contributed by atoms with E-state index in [1.807, 2.05) is 6.07 Å². The number of anilines is 1. The van der Waals surface area contributed by atoms with Gasteiger partial charge in [-0.1, -0.05) is 95.1 Å². The average molecular weight is 1020 g/mol. The number of aliphatic hydroxyl groups is 1. The monoisotopic (exact) mass is 1020 g/mol. The number of benzene rings is 2. The van der Waals surface area contributed by atoms with E-state index in [2.05, 4.69) is 99.4 Å². The number of β-amino-alcohol motifs (C(OH)–C–C–N with tert-alkyl or cyclic N) is 1. The van der Waals surface area contributed by atoms with Crippen LogP contribution in [0.1, 0.15) is 142 Å². The number of aromatic nitrogens is 3. The van der Waals surface area contributed by atoms with Crippen molar-refractivity contribution < 1.29 is 37.0 Å². The van der Waals surface area contributed by atoms with Gasteiger partial charge in [-0.15, -0.1) is 5.54 Å². The predicted octanol–water partition coefficient (Wildman–Crippen LogP) is 13.3. The molecular weight excluding hydrogens is 938 g/mol. The number of fused-ring (bicyclic) bond motifs is 3. The third-order valence-electron chi connectivity index (χ3n) is 15.9. The third-order valence-corrected chi connectivity index (χ3v) is 28.2. The van der Waals surface area contributed by atoms with Crippen LogP contribution in [-0.4, -0.2) is 109 Å². The Hall–Kier alpha value is -4.44. The number of alkyl halides is 1. The van der Waals surface area contributed by atoms with Gasteiger partial charge in [0, 0.05) is 36.7 Å². The highest BCUT2D eigenvalue weighted by atomic mass is 28.4. The summed E-state index contributed by atoms with van der Waals surface area (Å²) in [5.41, 5.74) is 3.94. The fourth-order valence-corrected chi connectivity index (χ4v) is 23.2. The maximum atomic E-state index is 18.4. The molecule has 1 N–H and O–H groups in total. The minimum absolute atomic E-state index is 0.0583. The molecule has 3 fully saturated rings. The molecule has 2 aromatic heterocycles. The van der Waals surface area contributed by atoms with Gasteiger partial charge in [0.2, 0.25) is 0 Å². The van der Waals surface area contributed by atoms with Gasteiger partial charge in [0.05, 0.1) is 29.1 Å². The summed E-state index contributed by atoms with van der Waals surface area (Å²) in [6, 6.07) is 6.65. The van der Waals surface area contributed by atoms with Gasteiger partial charge in [-0.3, -0.25) is 14.9 Å². The van der Waals surface area contributed by atoms with Crippen LogP contribution in [0, 0.1) is 23.1 Å². The second kappa shape index (κ2) is 20.8. The first kappa shape index (κ1) is 54.3. The van der Waals surface area contributed by atoms with Crippen molar-refractivity contribution in [1.29, 1.82) is 0 Å². The molecular formula is C55H79F3N6O5Si2. The molecule has 3 saturated heterocycles. The van der Waals surface area contributed by atoms with Crippen LogP contribution < -0.4 is 14.2 Å². The van der Waals surface area contributed by atoms with Crippen LogP contribution in [0.4, 0.5) is 23.8 Å². The van der Waals surface area contributed by atoms with Crippen molar-refractivity contribution in [2.45, 2.75) is 193 Å². The summed E-state index contributed by atoms with van der Waals surface area (Å²) in [5, 5.41) is 15.3. The number of nitrogens with zero attached hydrogens (tertiary/aromatic N) is 6. The number of carbonyl (C=O) groups is 1. The van der Waals surface area contributed by atoms with E-state index in [4.69, 9.17) is 28.9 Å². The Kier molecular flexibility index (Phi) is 15.9.